The minimum atomic E-state index is -0.199. The molecule has 0 bridgehead atoms. The molecule has 5 rings (SSSR count). The highest BCUT2D eigenvalue weighted by molar-refractivity contribution is 6.05. The third-order valence-electron chi connectivity index (χ3n) is 11.0. The molecule has 0 amide bonds. The zero-order chi connectivity index (χ0) is 24.4. The molecule has 0 aromatic heterocycles. The Morgan fingerprint density at radius 2 is 2.00 bits per heavy atom. The number of hydrogen-bond donors (Lipinski definition) is 1. The van der Waals surface area contributed by atoms with E-state index in [0.29, 0.717) is 36.5 Å². The second kappa shape index (κ2) is 8.57. The largest absolute Gasteiger partial charge is 0.462 e. The van der Waals surface area contributed by atoms with Crippen LogP contribution in [0.2, 0.25) is 0 Å². The summed E-state index contributed by atoms with van der Waals surface area (Å²) in [5.74, 6) is 2.18. The van der Waals surface area contributed by atoms with Crippen LogP contribution in [0.4, 0.5) is 0 Å². The number of rotatable bonds is 3. The summed E-state index contributed by atoms with van der Waals surface area (Å²) in [7, 11) is 0. The highest BCUT2D eigenvalue weighted by atomic mass is 16.5. The lowest BCUT2D eigenvalue weighted by Gasteiger charge is -2.58. The predicted molar refractivity (Wildman–Crippen MR) is 132 cm³/mol. The number of aliphatic hydroxyl groups is 1. The molecule has 0 saturated heterocycles. The first-order valence-electron chi connectivity index (χ1n) is 13.6. The molecule has 5 aliphatic rings. The van der Waals surface area contributed by atoms with Crippen LogP contribution in [0.15, 0.2) is 16.6 Å². The summed E-state index contributed by atoms with van der Waals surface area (Å²) in [6, 6.07) is 0. The zero-order valence-corrected chi connectivity index (χ0v) is 21.7. The van der Waals surface area contributed by atoms with Crippen LogP contribution < -0.4 is 0 Å². The number of allylic oxidation sites excluding steroid dienone is 1. The van der Waals surface area contributed by atoms with Gasteiger partial charge in [0.05, 0.1) is 6.10 Å². The first-order valence-corrected chi connectivity index (χ1v) is 13.6. The number of ether oxygens (including phenoxy) is 1. The molecule has 3 saturated carbocycles. The van der Waals surface area contributed by atoms with Crippen LogP contribution in [-0.4, -0.2) is 41.3 Å². The molecule has 0 unspecified atom stereocenters. The first kappa shape index (κ1) is 24.2. The van der Waals surface area contributed by atoms with E-state index in [0.717, 1.165) is 44.2 Å². The van der Waals surface area contributed by atoms with Crippen LogP contribution in [0.1, 0.15) is 86.0 Å². The van der Waals surface area contributed by atoms with Crippen molar-refractivity contribution in [3.8, 4) is 0 Å². The van der Waals surface area contributed by atoms with E-state index in [9.17, 15) is 14.7 Å². The molecule has 1 heterocycles. The summed E-state index contributed by atoms with van der Waals surface area (Å²) < 4.78 is 6.04. The number of carbonyl (C=O) groups is 2. The molecule has 1 N–H and O–H groups in total. The molecule has 0 aromatic rings. The second-order valence-electron chi connectivity index (χ2n) is 12.8. The van der Waals surface area contributed by atoms with Crippen molar-refractivity contribution in [2.24, 2.45) is 51.3 Å². The molecule has 0 aromatic carbocycles. The summed E-state index contributed by atoms with van der Waals surface area (Å²) >= 11 is 0. The monoisotopic (exact) mass is 469 g/mol. The predicted octanol–water partition coefficient (Wildman–Crippen LogP) is 5.15. The van der Waals surface area contributed by atoms with Crippen molar-refractivity contribution in [1.82, 2.24) is 0 Å². The molecule has 0 spiro atoms. The molecule has 5 nitrogen and oxygen atoms in total. The quantitative estimate of drug-likeness (QED) is 0.458. The van der Waals surface area contributed by atoms with E-state index < -0.39 is 0 Å². The van der Waals surface area contributed by atoms with Gasteiger partial charge in [-0.3, -0.25) is 14.6 Å². The molecule has 4 aliphatic carbocycles. The van der Waals surface area contributed by atoms with E-state index in [-0.39, 0.29) is 46.8 Å². The van der Waals surface area contributed by atoms with E-state index in [1.807, 2.05) is 6.92 Å². The minimum absolute atomic E-state index is 0.0144. The summed E-state index contributed by atoms with van der Waals surface area (Å²) in [5, 5.41) is 10.3. The highest BCUT2D eigenvalue weighted by Crippen LogP contribution is 2.67. The van der Waals surface area contributed by atoms with E-state index in [4.69, 9.17) is 9.73 Å². The fraction of sp³-hybridized carbons (Fsp3) is 0.828. The minimum Gasteiger partial charge on any atom is -0.462 e. The number of ketones is 1. The molecule has 5 heteroatoms. The van der Waals surface area contributed by atoms with Crippen LogP contribution in [0, 0.1) is 46.3 Å². The third kappa shape index (κ3) is 3.72. The summed E-state index contributed by atoms with van der Waals surface area (Å²) in [5.41, 5.74) is 2.78. The van der Waals surface area contributed by atoms with Crippen molar-refractivity contribution < 1.29 is 19.4 Å². The lowest BCUT2D eigenvalue weighted by molar-refractivity contribution is -0.149. The fourth-order valence-corrected chi connectivity index (χ4v) is 9.17. The molecule has 10 atom stereocenters. The van der Waals surface area contributed by atoms with Crippen molar-refractivity contribution in [2.75, 3.05) is 6.54 Å². The number of carbonyl (C=O) groups excluding carboxylic acids is 2. The molecule has 3 fully saturated rings. The van der Waals surface area contributed by atoms with Gasteiger partial charge in [-0.25, -0.2) is 0 Å². The van der Waals surface area contributed by atoms with Gasteiger partial charge in [-0.15, -0.1) is 0 Å². The number of nitrogens with zero attached hydrogens (tertiary/aromatic N) is 1. The number of aliphatic imine (C=N–C) groups is 1. The van der Waals surface area contributed by atoms with Crippen LogP contribution >= 0.6 is 0 Å². The van der Waals surface area contributed by atoms with E-state index in [1.165, 1.54) is 18.9 Å². The first-order chi connectivity index (χ1) is 16.0. The molecule has 0 radical (unpaired) electrons. The van der Waals surface area contributed by atoms with Gasteiger partial charge in [-0.1, -0.05) is 39.3 Å². The van der Waals surface area contributed by atoms with Gasteiger partial charge in [0.2, 0.25) is 0 Å². The zero-order valence-electron chi connectivity index (χ0n) is 21.7. The van der Waals surface area contributed by atoms with Gasteiger partial charge in [-0.2, -0.15) is 0 Å². The van der Waals surface area contributed by atoms with Crippen molar-refractivity contribution >= 4 is 17.5 Å². The van der Waals surface area contributed by atoms with Crippen molar-refractivity contribution in [2.45, 2.75) is 98.2 Å². The van der Waals surface area contributed by atoms with Crippen LogP contribution in [-0.2, 0) is 14.3 Å². The Morgan fingerprint density at radius 3 is 2.71 bits per heavy atom. The van der Waals surface area contributed by atoms with Crippen molar-refractivity contribution in [3.05, 3.63) is 11.6 Å². The van der Waals surface area contributed by atoms with Crippen molar-refractivity contribution in [3.63, 3.8) is 0 Å². The Kier molecular flexibility index (Phi) is 6.10. The van der Waals surface area contributed by atoms with Gasteiger partial charge in [-0.05, 0) is 73.5 Å². The van der Waals surface area contributed by atoms with Gasteiger partial charge >= 0.3 is 5.97 Å². The molecular weight excluding hydrogens is 426 g/mol. The number of esters is 1. The lowest BCUT2D eigenvalue weighted by Crippen LogP contribution is -2.51. The van der Waals surface area contributed by atoms with Gasteiger partial charge in [0, 0.05) is 43.4 Å². The van der Waals surface area contributed by atoms with Crippen molar-refractivity contribution in [1.29, 1.82) is 0 Å². The topological polar surface area (TPSA) is 76.0 Å². The Balaban J connectivity index is 1.47. The highest BCUT2D eigenvalue weighted by Gasteiger charge is 2.63. The standard InChI is InChI=1S/C29H43NO4/c1-16-15-30-24(14-25(16)33)17(2)27-26(34-18(3)31)13-23-21-7-6-19-12-20(32)8-10-28(19,4)22(21)9-11-29(23,27)5/h6,16-17,20-23,26-27,32H,7-15H2,1-5H3/t16-,17-,20+,21-,22+,23+,26-,27+,28+,29+/m1/s1. The molecule has 1 aliphatic heterocycles. The van der Waals surface area contributed by atoms with E-state index >= 15 is 0 Å². The summed E-state index contributed by atoms with van der Waals surface area (Å²) in [6.07, 6.45) is 9.76. The van der Waals surface area contributed by atoms with E-state index in [1.54, 1.807) is 0 Å². The SMILES string of the molecule is CC(=O)O[C@@H]1C[C@H]2[C@@H]3CC=C4C[C@@H](O)CC[C@]4(C)[C@H]3CC[C@]2(C)[C@H]1[C@H](C)C1=NC[C@@H](C)C(=O)C1. The van der Waals surface area contributed by atoms with Crippen LogP contribution in [0.5, 0.6) is 0 Å². The van der Waals surface area contributed by atoms with Gasteiger partial charge in [0.15, 0.2) is 0 Å². The van der Waals surface area contributed by atoms with Gasteiger partial charge in [0.25, 0.3) is 0 Å². The number of Topliss-reactive ketones (excluding diaryl/α,β-unsaturated/α-hetero) is 1. The summed E-state index contributed by atoms with van der Waals surface area (Å²) in [4.78, 5) is 29.6. The maximum absolute atomic E-state index is 12.5. The normalized spacial score (nSPS) is 47.0. The van der Waals surface area contributed by atoms with Crippen LogP contribution in [0.25, 0.3) is 0 Å². The Morgan fingerprint density at radius 1 is 1.24 bits per heavy atom. The average molecular weight is 470 g/mol. The Bertz CT molecular complexity index is 923. The molecule has 188 valence electrons. The smallest absolute Gasteiger partial charge is 0.302 e. The van der Waals surface area contributed by atoms with Crippen LogP contribution in [0.3, 0.4) is 0 Å². The average Bonchev–Trinajstić information content (AvgIpc) is 3.06. The molecule has 34 heavy (non-hydrogen) atoms. The van der Waals surface area contributed by atoms with Gasteiger partial charge in [0.1, 0.15) is 11.9 Å². The Labute approximate surface area is 204 Å². The Hall–Kier alpha value is -1.49. The number of fused-ring (bicyclic) bond motifs is 5. The number of hydrogen-bond acceptors (Lipinski definition) is 5. The maximum atomic E-state index is 12.5. The third-order valence-corrected chi connectivity index (χ3v) is 11.0. The fourth-order valence-electron chi connectivity index (χ4n) is 9.17. The van der Waals surface area contributed by atoms with E-state index in [2.05, 4.69) is 26.8 Å². The summed E-state index contributed by atoms with van der Waals surface area (Å²) in [6.45, 7) is 11.2. The maximum Gasteiger partial charge on any atom is 0.302 e. The van der Waals surface area contributed by atoms with Gasteiger partial charge < -0.3 is 9.84 Å². The lowest BCUT2D eigenvalue weighted by atomic mass is 9.47. The molecular formula is C29H43NO4. The second-order valence-corrected chi connectivity index (χ2v) is 12.8. The number of aliphatic hydroxyl groups excluding tert-OH is 1.